The minimum Gasteiger partial charge on any atom is -0.480 e. The smallest absolute Gasteiger partial charge is 0.324 e. The highest BCUT2D eigenvalue weighted by Crippen LogP contribution is 2.40. The van der Waals surface area contributed by atoms with Crippen molar-refractivity contribution in [2.45, 2.75) is 56.4 Å². The Morgan fingerprint density at radius 2 is 2.38 bits per heavy atom. The van der Waals surface area contributed by atoms with Crippen LogP contribution in [0.4, 0.5) is 0 Å². The second kappa shape index (κ2) is 4.57. The standard InChI is InChI=1S/C12H21NO2S/c1-3-12(11(14)15)5-4-6-13(12)10-7-9(2)16-8-10/h9-10H,3-8H2,1-2H3,(H,14,15). The minimum absolute atomic E-state index is 0.485. The molecular weight excluding hydrogens is 222 g/mol. The zero-order valence-corrected chi connectivity index (χ0v) is 10.9. The molecule has 4 heteroatoms. The topological polar surface area (TPSA) is 40.5 Å². The SMILES string of the molecule is CCC1(C(=O)O)CCCN1C1CSC(C)C1. The predicted octanol–water partition coefficient (Wildman–Crippen LogP) is 2.21. The maximum absolute atomic E-state index is 11.6. The summed E-state index contributed by atoms with van der Waals surface area (Å²) >= 11 is 1.98. The van der Waals surface area contributed by atoms with Crippen LogP contribution in [0.3, 0.4) is 0 Å². The van der Waals surface area contributed by atoms with Gasteiger partial charge in [0.1, 0.15) is 5.54 Å². The van der Waals surface area contributed by atoms with Gasteiger partial charge in [0.25, 0.3) is 0 Å². The average Bonchev–Trinajstić information content (AvgIpc) is 2.83. The Kier molecular flexibility index (Phi) is 3.50. The third kappa shape index (κ3) is 1.86. The first-order valence-corrected chi connectivity index (χ1v) is 7.27. The van der Waals surface area contributed by atoms with Crippen LogP contribution in [0, 0.1) is 0 Å². The summed E-state index contributed by atoms with van der Waals surface area (Å²) in [6.07, 6.45) is 3.75. The Balaban J connectivity index is 2.16. The molecule has 3 nitrogen and oxygen atoms in total. The molecule has 1 N–H and O–H groups in total. The first kappa shape index (κ1) is 12.2. The van der Waals surface area contributed by atoms with E-state index in [0.717, 1.165) is 38.0 Å². The fourth-order valence-corrected chi connectivity index (χ4v) is 4.43. The van der Waals surface area contributed by atoms with Gasteiger partial charge in [-0.05, 0) is 32.2 Å². The van der Waals surface area contributed by atoms with Gasteiger partial charge in [0.2, 0.25) is 0 Å². The summed E-state index contributed by atoms with van der Waals surface area (Å²) in [5.74, 6) is 0.493. The summed E-state index contributed by atoms with van der Waals surface area (Å²) in [7, 11) is 0. The van der Waals surface area contributed by atoms with Gasteiger partial charge in [0.15, 0.2) is 0 Å². The molecule has 2 aliphatic rings. The van der Waals surface area contributed by atoms with Gasteiger partial charge in [-0.1, -0.05) is 13.8 Å². The van der Waals surface area contributed by atoms with Crippen LogP contribution in [-0.2, 0) is 4.79 Å². The van der Waals surface area contributed by atoms with Gasteiger partial charge in [-0.15, -0.1) is 0 Å². The van der Waals surface area contributed by atoms with E-state index in [2.05, 4.69) is 11.8 Å². The maximum Gasteiger partial charge on any atom is 0.324 e. The Labute approximate surface area is 102 Å². The lowest BCUT2D eigenvalue weighted by Gasteiger charge is -2.38. The van der Waals surface area contributed by atoms with E-state index in [4.69, 9.17) is 0 Å². The normalized spacial score (nSPS) is 40.4. The second-order valence-electron chi connectivity index (χ2n) is 5.02. The van der Waals surface area contributed by atoms with Gasteiger partial charge in [-0.3, -0.25) is 9.69 Å². The van der Waals surface area contributed by atoms with E-state index in [1.807, 2.05) is 18.7 Å². The van der Waals surface area contributed by atoms with E-state index in [1.165, 1.54) is 0 Å². The molecule has 0 saturated carbocycles. The largest absolute Gasteiger partial charge is 0.480 e. The van der Waals surface area contributed by atoms with E-state index >= 15 is 0 Å². The number of carboxylic acid groups (broad SMARTS) is 1. The number of thioether (sulfide) groups is 1. The minimum atomic E-state index is -0.614. The first-order valence-electron chi connectivity index (χ1n) is 6.22. The van der Waals surface area contributed by atoms with Crippen molar-refractivity contribution < 1.29 is 9.90 Å². The summed E-state index contributed by atoms with van der Waals surface area (Å²) in [6.45, 7) is 5.23. The van der Waals surface area contributed by atoms with Crippen LogP contribution in [0.1, 0.15) is 39.5 Å². The molecule has 0 aromatic heterocycles. The highest BCUT2D eigenvalue weighted by atomic mass is 32.2. The zero-order chi connectivity index (χ0) is 11.8. The van der Waals surface area contributed by atoms with Crippen LogP contribution in [-0.4, -0.2) is 45.1 Å². The molecule has 2 aliphatic heterocycles. The van der Waals surface area contributed by atoms with Crippen LogP contribution >= 0.6 is 11.8 Å². The fraction of sp³-hybridized carbons (Fsp3) is 0.917. The van der Waals surface area contributed by atoms with Crippen LogP contribution in [0.2, 0.25) is 0 Å². The monoisotopic (exact) mass is 243 g/mol. The van der Waals surface area contributed by atoms with Crippen molar-refractivity contribution in [3.05, 3.63) is 0 Å². The molecule has 3 atom stereocenters. The molecule has 0 aromatic carbocycles. The van der Waals surface area contributed by atoms with Gasteiger partial charge < -0.3 is 5.11 Å². The molecule has 16 heavy (non-hydrogen) atoms. The second-order valence-corrected chi connectivity index (χ2v) is 6.49. The van der Waals surface area contributed by atoms with Gasteiger partial charge >= 0.3 is 5.97 Å². The number of carbonyl (C=O) groups is 1. The molecule has 0 aromatic rings. The number of hydrogen-bond donors (Lipinski definition) is 1. The van der Waals surface area contributed by atoms with E-state index in [9.17, 15) is 9.90 Å². The molecule has 3 unspecified atom stereocenters. The van der Waals surface area contributed by atoms with Gasteiger partial charge in [0.05, 0.1) is 0 Å². The molecule has 0 radical (unpaired) electrons. The Morgan fingerprint density at radius 1 is 1.62 bits per heavy atom. The number of nitrogens with zero attached hydrogens (tertiary/aromatic N) is 1. The van der Waals surface area contributed by atoms with Crippen molar-refractivity contribution in [3.8, 4) is 0 Å². The summed E-state index contributed by atoms with van der Waals surface area (Å²) < 4.78 is 0. The van der Waals surface area contributed by atoms with Crippen LogP contribution < -0.4 is 0 Å². The van der Waals surface area contributed by atoms with Crippen molar-refractivity contribution in [2.75, 3.05) is 12.3 Å². The quantitative estimate of drug-likeness (QED) is 0.825. The predicted molar refractivity (Wildman–Crippen MR) is 66.9 cm³/mol. The third-order valence-electron chi connectivity index (χ3n) is 4.14. The lowest BCUT2D eigenvalue weighted by molar-refractivity contribution is -0.151. The number of aliphatic carboxylic acids is 1. The number of likely N-dealkylation sites (tertiary alicyclic amines) is 1. The van der Waals surface area contributed by atoms with Crippen LogP contribution in [0.25, 0.3) is 0 Å². The average molecular weight is 243 g/mol. The van der Waals surface area contributed by atoms with Crippen molar-refractivity contribution in [1.82, 2.24) is 4.90 Å². The fourth-order valence-electron chi connectivity index (χ4n) is 3.20. The molecule has 2 rings (SSSR count). The van der Waals surface area contributed by atoms with Crippen molar-refractivity contribution in [3.63, 3.8) is 0 Å². The summed E-state index contributed by atoms with van der Waals surface area (Å²) in [5, 5.41) is 10.2. The molecule has 0 bridgehead atoms. The number of rotatable bonds is 3. The molecule has 2 fully saturated rings. The van der Waals surface area contributed by atoms with E-state index in [1.54, 1.807) is 0 Å². The zero-order valence-electron chi connectivity index (χ0n) is 10.1. The lowest BCUT2D eigenvalue weighted by Crippen LogP contribution is -2.54. The van der Waals surface area contributed by atoms with E-state index < -0.39 is 11.5 Å². The molecule has 2 heterocycles. The summed E-state index contributed by atoms with van der Waals surface area (Å²) in [4.78, 5) is 13.8. The molecular formula is C12H21NO2S. The number of carboxylic acids is 1. The van der Waals surface area contributed by atoms with Crippen LogP contribution in [0.5, 0.6) is 0 Å². The molecule has 92 valence electrons. The highest BCUT2D eigenvalue weighted by Gasteiger charge is 2.49. The van der Waals surface area contributed by atoms with E-state index in [0.29, 0.717) is 11.3 Å². The van der Waals surface area contributed by atoms with Gasteiger partial charge in [0, 0.05) is 17.0 Å². The lowest BCUT2D eigenvalue weighted by atomic mass is 9.91. The van der Waals surface area contributed by atoms with Gasteiger partial charge in [-0.25, -0.2) is 0 Å². The van der Waals surface area contributed by atoms with Crippen LogP contribution in [0.15, 0.2) is 0 Å². The van der Waals surface area contributed by atoms with Crippen molar-refractivity contribution >= 4 is 17.7 Å². The summed E-state index contributed by atoms with van der Waals surface area (Å²) in [6, 6.07) is 0.485. The molecule has 0 aliphatic carbocycles. The highest BCUT2D eigenvalue weighted by molar-refractivity contribution is 8.00. The van der Waals surface area contributed by atoms with Crippen molar-refractivity contribution in [1.29, 1.82) is 0 Å². The first-order chi connectivity index (χ1) is 7.60. The van der Waals surface area contributed by atoms with Gasteiger partial charge in [-0.2, -0.15) is 11.8 Å². The van der Waals surface area contributed by atoms with E-state index in [-0.39, 0.29) is 0 Å². The summed E-state index contributed by atoms with van der Waals surface area (Å²) in [5.41, 5.74) is -0.560. The molecule has 2 saturated heterocycles. The molecule has 0 spiro atoms. The molecule has 0 amide bonds. The maximum atomic E-state index is 11.6. The Bertz CT molecular complexity index is 284. The van der Waals surface area contributed by atoms with Crippen molar-refractivity contribution in [2.24, 2.45) is 0 Å². The Hall–Kier alpha value is -0.220. The Morgan fingerprint density at radius 3 is 2.88 bits per heavy atom. The third-order valence-corrected chi connectivity index (χ3v) is 5.48. The number of hydrogen-bond acceptors (Lipinski definition) is 3.